The molecule has 0 atom stereocenters. The molecule has 2 aliphatic heterocycles. The maximum atomic E-state index is 12.1. The van der Waals surface area contributed by atoms with Gasteiger partial charge >= 0.3 is 5.97 Å². The molecular weight excluding hydrogens is 538 g/mol. The lowest BCUT2D eigenvalue weighted by atomic mass is 9.84. The van der Waals surface area contributed by atoms with Gasteiger partial charge in [0.05, 0.1) is 23.8 Å². The van der Waals surface area contributed by atoms with E-state index in [1.54, 1.807) is 6.07 Å². The third-order valence-electron chi connectivity index (χ3n) is 7.45. The third-order valence-corrected chi connectivity index (χ3v) is 8.50. The first kappa shape index (κ1) is 35.1. The Kier molecular flexibility index (Phi) is 15.8. The third kappa shape index (κ3) is 14.6. The number of aliphatic hydroxyl groups is 1. The fourth-order valence-electron chi connectivity index (χ4n) is 4.66. The molecule has 3 N–H and O–H groups in total. The lowest BCUT2D eigenvalue weighted by Crippen LogP contribution is -2.38. The fourth-order valence-corrected chi connectivity index (χ4v) is 5.49. The van der Waals surface area contributed by atoms with Crippen molar-refractivity contribution >= 4 is 28.9 Å². The molecule has 3 heterocycles. The molecule has 0 unspecified atom stereocenters. The van der Waals surface area contributed by atoms with Crippen LogP contribution in [0.25, 0.3) is 0 Å². The van der Waals surface area contributed by atoms with Crippen LogP contribution < -0.4 is 5.73 Å². The van der Waals surface area contributed by atoms with Crippen LogP contribution in [-0.4, -0.2) is 86.4 Å². The maximum Gasteiger partial charge on any atom is 0.350 e. The Balaban J connectivity index is 0.000000265. The van der Waals surface area contributed by atoms with E-state index in [-0.39, 0.29) is 11.4 Å². The number of hydrogen-bond donors (Lipinski definition) is 2. The molecule has 0 bridgehead atoms. The summed E-state index contributed by atoms with van der Waals surface area (Å²) in [5, 5.41) is 8.78. The zero-order valence-corrected chi connectivity index (χ0v) is 26.8. The second-order valence-corrected chi connectivity index (χ2v) is 13.5. The normalized spacial score (nSPS) is 21.7. The zero-order valence-electron chi connectivity index (χ0n) is 26.0. The first-order valence-electron chi connectivity index (χ1n) is 15.2. The second-order valence-electron chi connectivity index (χ2n) is 12.4. The number of nitrogen functional groups attached to an aromatic ring is 1. The number of thiophene rings is 1. The molecule has 232 valence electrons. The summed E-state index contributed by atoms with van der Waals surface area (Å²) in [5.41, 5.74) is 6.26. The van der Waals surface area contributed by atoms with Crippen molar-refractivity contribution in [1.82, 2.24) is 9.80 Å². The number of amides is 1. The van der Waals surface area contributed by atoms with E-state index in [1.165, 1.54) is 49.9 Å². The molecular formula is C32H53N3O5S. The molecule has 3 aliphatic rings. The average Bonchev–Trinajstić information content (AvgIpc) is 3.22. The lowest BCUT2D eigenvalue weighted by Gasteiger charge is -2.26. The molecule has 3 fully saturated rings. The van der Waals surface area contributed by atoms with Crippen LogP contribution in [0.4, 0.5) is 5.69 Å². The first-order valence-corrected chi connectivity index (χ1v) is 16.0. The van der Waals surface area contributed by atoms with E-state index in [0.29, 0.717) is 35.6 Å². The maximum absolute atomic E-state index is 12.1. The first-order chi connectivity index (χ1) is 19.5. The van der Waals surface area contributed by atoms with Crippen molar-refractivity contribution in [2.75, 3.05) is 65.4 Å². The van der Waals surface area contributed by atoms with Crippen LogP contribution in [0, 0.1) is 29.1 Å². The number of rotatable bonds is 5. The molecule has 1 amide bonds. The van der Waals surface area contributed by atoms with Crippen molar-refractivity contribution in [3.8, 4) is 11.8 Å². The van der Waals surface area contributed by atoms with Gasteiger partial charge in [0, 0.05) is 51.7 Å². The van der Waals surface area contributed by atoms with Crippen LogP contribution >= 0.6 is 11.3 Å². The number of morpholine rings is 1. The van der Waals surface area contributed by atoms with Gasteiger partial charge in [-0.15, -0.1) is 11.3 Å². The average molecular weight is 592 g/mol. The number of nitrogens with zero attached hydrogens (tertiary/aromatic N) is 2. The van der Waals surface area contributed by atoms with E-state index in [2.05, 4.69) is 23.7 Å². The molecule has 1 aromatic heterocycles. The highest BCUT2D eigenvalue weighted by Crippen LogP contribution is 2.27. The Hall–Kier alpha value is -2.12. The second kappa shape index (κ2) is 18.4. The number of ether oxygens (including phenoxy) is 2. The molecule has 0 radical (unpaired) electrons. The van der Waals surface area contributed by atoms with Crippen LogP contribution in [0.2, 0.25) is 0 Å². The predicted molar refractivity (Wildman–Crippen MR) is 167 cm³/mol. The van der Waals surface area contributed by atoms with Gasteiger partial charge in [-0.2, -0.15) is 0 Å². The topological polar surface area (TPSA) is 105 Å². The van der Waals surface area contributed by atoms with Gasteiger partial charge in [0.2, 0.25) is 5.91 Å². The van der Waals surface area contributed by atoms with Gasteiger partial charge in [-0.1, -0.05) is 38.0 Å². The van der Waals surface area contributed by atoms with Crippen LogP contribution in [-0.2, 0) is 14.3 Å². The van der Waals surface area contributed by atoms with Gasteiger partial charge in [0.15, 0.2) is 0 Å². The van der Waals surface area contributed by atoms with Gasteiger partial charge in [-0.05, 0) is 64.4 Å². The Morgan fingerprint density at radius 3 is 2.46 bits per heavy atom. The molecule has 1 aliphatic carbocycles. The number of anilines is 1. The Bertz CT molecular complexity index is 980. The zero-order chi connectivity index (χ0) is 30.3. The summed E-state index contributed by atoms with van der Waals surface area (Å²) in [4.78, 5) is 28.3. The van der Waals surface area contributed by atoms with Crippen molar-refractivity contribution in [3.05, 3.63) is 15.8 Å². The number of esters is 1. The van der Waals surface area contributed by atoms with Crippen molar-refractivity contribution < 1.29 is 24.2 Å². The standard InChI is InChI=1S/C17H24N2O3S.C8H16O.C7H13NO/c1-17(2,3)5-4-13-12-14(18)15(23-13)16(20)22-11-8-19-6-9-21-10-7-19;1-7-2-4-8(6-9)5-3-7;1-8-6-4-2-3-5-7(8)9/h12H,6-11,18H2,1-3H3;7-9H,2-6H2,1H3;2-6H2,1H3. The summed E-state index contributed by atoms with van der Waals surface area (Å²) in [6.07, 6.45) is 9.39. The van der Waals surface area contributed by atoms with Crippen LogP contribution in [0.1, 0.15) is 93.6 Å². The largest absolute Gasteiger partial charge is 0.460 e. The summed E-state index contributed by atoms with van der Waals surface area (Å²) < 4.78 is 10.6. The molecule has 2 saturated heterocycles. The van der Waals surface area contributed by atoms with Crippen molar-refractivity contribution in [2.24, 2.45) is 17.3 Å². The van der Waals surface area contributed by atoms with E-state index in [4.69, 9.17) is 20.3 Å². The summed E-state index contributed by atoms with van der Waals surface area (Å²) in [6, 6.07) is 1.74. The summed E-state index contributed by atoms with van der Waals surface area (Å²) in [6.45, 7) is 14.1. The van der Waals surface area contributed by atoms with Crippen LogP contribution in [0.5, 0.6) is 0 Å². The predicted octanol–water partition coefficient (Wildman–Crippen LogP) is 5.04. The van der Waals surface area contributed by atoms with E-state index in [1.807, 2.05) is 32.7 Å². The molecule has 4 rings (SSSR count). The highest BCUT2D eigenvalue weighted by molar-refractivity contribution is 7.15. The monoisotopic (exact) mass is 591 g/mol. The summed E-state index contributed by atoms with van der Waals surface area (Å²) >= 11 is 1.29. The Morgan fingerprint density at radius 2 is 1.83 bits per heavy atom. The fraction of sp³-hybridized carbons (Fsp3) is 0.750. The van der Waals surface area contributed by atoms with Crippen molar-refractivity contribution in [3.63, 3.8) is 0 Å². The molecule has 8 nitrogen and oxygen atoms in total. The van der Waals surface area contributed by atoms with Gasteiger partial charge in [0.1, 0.15) is 11.5 Å². The molecule has 1 saturated carbocycles. The number of hydrogen-bond acceptors (Lipinski definition) is 8. The van der Waals surface area contributed by atoms with Gasteiger partial charge in [-0.25, -0.2) is 4.79 Å². The highest BCUT2D eigenvalue weighted by Gasteiger charge is 2.18. The minimum atomic E-state index is -0.371. The molecule has 41 heavy (non-hydrogen) atoms. The van der Waals surface area contributed by atoms with E-state index in [9.17, 15) is 9.59 Å². The minimum absolute atomic E-state index is 0.0857. The number of carbonyl (C=O) groups is 2. The quantitative estimate of drug-likeness (QED) is 0.365. The highest BCUT2D eigenvalue weighted by atomic mass is 32.1. The minimum Gasteiger partial charge on any atom is -0.460 e. The van der Waals surface area contributed by atoms with Gasteiger partial charge in [0.25, 0.3) is 0 Å². The molecule has 1 aromatic rings. The van der Waals surface area contributed by atoms with Crippen LogP contribution in [0.15, 0.2) is 6.07 Å². The van der Waals surface area contributed by atoms with E-state index >= 15 is 0 Å². The van der Waals surface area contributed by atoms with Crippen molar-refractivity contribution in [1.29, 1.82) is 0 Å². The number of likely N-dealkylation sites (tertiary alicyclic amines) is 1. The summed E-state index contributed by atoms with van der Waals surface area (Å²) in [5.74, 6) is 7.68. The summed E-state index contributed by atoms with van der Waals surface area (Å²) in [7, 11) is 1.88. The van der Waals surface area contributed by atoms with Crippen molar-refractivity contribution in [2.45, 2.75) is 79.1 Å². The van der Waals surface area contributed by atoms with Crippen LogP contribution in [0.3, 0.4) is 0 Å². The molecule has 0 aromatic carbocycles. The number of aliphatic hydroxyl groups excluding tert-OH is 1. The SMILES string of the molecule is CC(C)(C)C#Cc1cc(N)c(C(=O)OCCN2CCOCC2)s1.CC1CCC(CO)CC1.CN1CCCCCC1=O. The van der Waals surface area contributed by atoms with Gasteiger partial charge < -0.3 is 25.2 Å². The lowest BCUT2D eigenvalue weighted by molar-refractivity contribution is -0.129. The Labute approximate surface area is 251 Å². The number of nitrogens with two attached hydrogens (primary N) is 1. The smallest absolute Gasteiger partial charge is 0.350 e. The Morgan fingerprint density at radius 1 is 1.15 bits per heavy atom. The van der Waals surface area contributed by atoms with E-state index in [0.717, 1.165) is 63.0 Å². The molecule has 0 spiro atoms. The molecule has 9 heteroatoms. The van der Waals surface area contributed by atoms with Gasteiger partial charge in [-0.3, -0.25) is 9.69 Å². The number of carbonyl (C=O) groups excluding carboxylic acids is 2. The van der Waals surface area contributed by atoms with E-state index < -0.39 is 0 Å².